The zero-order valence-corrected chi connectivity index (χ0v) is 11.0. The lowest BCUT2D eigenvalue weighted by Gasteiger charge is -2.25. The van der Waals surface area contributed by atoms with Crippen LogP contribution in [0.15, 0.2) is 30.3 Å². The van der Waals surface area contributed by atoms with Gasteiger partial charge in [-0.15, -0.1) is 0 Å². The summed E-state index contributed by atoms with van der Waals surface area (Å²) in [6, 6.07) is 8.90. The molecule has 0 unspecified atom stereocenters. The third-order valence-corrected chi connectivity index (χ3v) is 3.07. The standard InChI is InChI=1S/C14H20N2O3/c17-14(19-13-7-3-1-4-8-13)15-18-12-11-16-9-5-2-6-10-16/h1,3-4,7-8H,2,5-6,9-12H2,(H,15,17). The van der Waals surface area contributed by atoms with Crippen LogP contribution in [-0.4, -0.2) is 37.2 Å². The van der Waals surface area contributed by atoms with Gasteiger partial charge in [-0.2, -0.15) is 5.48 Å². The van der Waals surface area contributed by atoms with Crippen LogP contribution in [-0.2, 0) is 4.84 Å². The maximum Gasteiger partial charge on any atom is 0.436 e. The van der Waals surface area contributed by atoms with E-state index in [2.05, 4.69) is 10.4 Å². The number of nitrogens with zero attached hydrogens (tertiary/aromatic N) is 1. The second-order valence-corrected chi connectivity index (χ2v) is 4.56. The zero-order valence-electron chi connectivity index (χ0n) is 11.0. The molecule has 0 saturated carbocycles. The maximum atomic E-state index is 11.4. The van der Waals surface area contributed by atoms with Crippen molar-refractivity contribution in [2.75, 3.05) is 26.2 Å². The zero-order chi connectivity index (χ0) is 13.3. The summed E-state index contributed by atoms with van der Waals surface area (Å²) in [4.78, 5) is 18.8. The highest BCUT2D eigenvalue weighted by atomic mass is 16.7. The number of nitrogens with one attached hydrogen (secondary N) is 1. The second-order valence-electron chi connectivity index (χ2n) is 4.56. The Hall–Kier alpha value is -1.59. The Bertz CT molecular complexity index is 378. The number of hydroxylamine groups is 1. The number of piperidine rings is 1. The normalized spacial score (nSPS) is 16.0. The summed E-state index contributed by atoms with van der Waals surface area (Å²) in [5.41, 5.74) is 2.28. The number of para-hydroxylation sites is 1. The summed E-state index contributed by atoms with van der Waals surface area (Å²) in [5.74, 6) is 0.500. The lowest BCUT2D eigenvalue weighted by atomic mass is 10.1. The summed E-state index contributed by atoms with van der Waals surface area (Å²) in [7, 11) is 0. The topological polar surface area (TPSA) is 50.8 Å². The summed E-state index contributed by atoms with van der Waals surface area (Å²) >= 11 is 0. The molecule has 0 atom stereocenters. The second kappa shape index (κ2) is 7.76. The first-order valence-electron chi connectivity index (χ1n) is 6.71. The Kier molecular flexibility index (Phi) is 5.65. The summed E-state index contributed by atoms with van der Waals surface area (Å²) in [6.07, 6.45) is 3.23. The summed E-state index contributed by atoms with van der Waals surface area (Å²) in [5, 5.41) is 0. The first-order chi connectivity index (χ1) is 9.34. The van der Waals surface area contributed by atoms with Crippen molar-refractivity contribution >= 4 is 6.09 Å². The fraction of sp³-hybridized carbons (Fsp3) is 0.500. The van der Waals surface area contributed by atoms with Crippen molar-refractivity contribution in [3.63, 3.8) is 0 Å². The summed E-state index contributed by atoms with van der Waals surface area (Å²) < 4.78 is 5.02. The lowest BCUT2D eigenvalue weighted by molar-refractivity contribution is 0.0295. The molecule has 1 heterocycles. The quantitative estimate of drug-likeness (QED) is 0.654. The highest BCUT2D eigenvalue weighted by Gasteiger charge is 2.10. The van der Waals surface area contributed by atoms with E-state index in [4.69, 9.17) is 9.57 Å². The average molecular weight is 264 g/mol. The molecule has 0 bridgehead atoms. The molecule has 1 N–H and O–H groups in total. The minimum absolute atomic E-state index is 0.476. The predicted octanol–water partition coefficient (Wildman–Crippen LogP) is 2.19. The van der Waals surface area contributed by atoms with Crippen LogP contribution in [0.2, 0.25) is 0 Å². The lowest BCUT2D eigenvalue weighted by Crippen LogP contribution is -2.35. The fourth-order valence-electron chi connectivity index (χ4n) is 2.08. The van der Waals surface area contributed by atoms with Crippen molar-refractivity contribution in [2.45, 2.75) is 19.3 Å². The van der Waals surface area contributed by atoms with Gasteiger partial charge in [-0.3, -0.25) is 4.84 Å². The summed E-state index contributed by atoms with van der Waals surface area (Å²) in [6.45, 7) is 3.56. The van der Waals surface area contributed by atoms with E-state index in [1.165, 1.54) is 19.3 Å². The van der Waals surface area contributed by atoms with Gasteiger partial charge in [-0.1, -0.05) is 24.6 Å². The molecule has 2 rings (SSSR count). The van der Waals surface area contributed by atoms with Crippen molar-refractivity contribution < 1.29 is 14.4 Å². The van der Waals surface area contributed by atoms with Crippen molar-refractivity contribution in [1.29, 1.82) is 0 Å². The van der Waals surface area contributed by atoms with Crippen LogP contribution in [0.5, 0.6) is 5.75 Å². The number of rotatable bonds is 5. The highest BCUT2D eigenvalue weighted by Crippen LogP contribution is 2.08. The SMILES string of the molecule is O=C(NOCCN1CCCCC1)Oc1ccccc1. The van der Waals surface area contributed by atoms with E-state index in [1.54, 1.807) is 24.3 Å². The van der Waals surface area contributed by atoms with E-state index >= 15 is 0 Å². The molecule has 0 aliphatic carbocycles. The molecule has 5 heteroatoms. The van der Waals surface area contributed by atoms with Crippen LogP contribution < -0.4 is 10.2 Å². The molecular weight excluding hydrogens is 244 g/mol. The fourth-order valence-corrected chi connectivity index (χ4v) is 2.08. The van der Waals surface area contributed by atoms with Crippen LogP contribution in [0.4, 0.5) is 4.79 Å². The van der Waals surface area contributed by atoms with Crippen molar-refractivity contribution in [3.8, 4) is 5.75 Å². The van der Waals surface area contributed by atoms with Gasteiger partial charge < -0.3 is 9.64 Å². The number of benzene rings is 1. The number of amides is 1. The minimum atomic E-state index is -0.593. The van der Waals surface area contributed by atoms with Gasteiger partial charge in [0.05, 0.1) is 6.61 Å². The molecule has 104 valence electrons. The van der Waals surface area contributed by atoms with Gasteiger partial charge in [-0.25, -0.2) is 4.79 Å². The third kappa shape index (κ3) is 5.28. The molecular formula is C14H20N2O3. The Morgan fingerprint density at radius 3 is 2.63 bits per heavy atom. The number of carbonyl (C=O) groups excluding carboxylic acids is 1. The van der Waals surface area contributed by atoms with Gasteiger partial charge in [0.1, 0.15) is 5.75 Å². The Balaban J connectivity index is 1.56. The number of hydrogen-bond acceptors (Lipinski definition) is 4. The maximum absolute atomic E-state index is 11.4. The predicted molar refractivity (Wildman–Crippen MR) is 71.8 cm³/mol. The molecule has 1 aromatic carbocycles. The molecule has 0 aromatic heterocycles. The van der Waals surface area contributed by atoms with E-state index in [1.807, 2.05) is 6.07 Å². The Morgan fingerprint density at radius 2 is 1.89 bits per heavy atom. The monoisotopic (exact) mass is 264 g/mol. The van der Waals surface area contributed by atoms with Crippen LogP contribution in [0, 0.1) is 0 Å². The molecule has 1 fully saturated rings. The van der Waals surface area contributed by atoms with Crippen molar-refractivity contribution in [2.24, 2.45) is 0 Å². The molecule has 0 radical (unpaired) electrons. The number of carbonyl (C=O) groups is 1. The van der Waals surface area contributed by atoms with Gasteiger partial charge in [0, 0.05) is 6.54 Å². The minimum Gasteiger partial charge on any atom is -0.409 e. The number of hydrogen-bond donors (Lipinski definition) is 1. The Morgan fingerprint density at radius 1 is 1.16 bits per heavy atom. The third-order valence-electron chi connectivity index (χ3n) is 3.07. The molecule has 1 aliphatic rings. The highest BCUT2D eigenvalue weighted by molar-refractivity contribution is 5.68. The van der Waals surface area contributed by atoms with E-state index < -0.39 is 6.09 Å². The number of ether oxygens (including phenoxy) is 1. The molecule has 19 heavy (non-hydrogen) atoms. The van der Waals surface area contributed by atoms with E-state index in [-0.39, 0.29) is 0 Å². The van der Waals surface area contributed by atoms with E-state index in [0.717, 1.165) is 19.6 Å². The van der Waals surface area contributed by atoms with Crippen LogP contribution in [0.3, 0.4) is 0 Å². The van der Waals surface area contributed by atoms with Gasteiger partial charge in [0.25, 0.3) is 0 Å². The molecule has 5 nitrogen and oxygen atoms in total. The van der Waals surface area contributed by atoms with E-state index in [0.29, 0.717) is 12.4 Å². The molecule has 0 spiro atoms. The molecule has 1 aliphatic heterocycles. The van der Waals surface area contributed by atoms with Gasteiger partial charge in [0.15, 0.2) is 0 Å². The van der Waals surface area contributed by atoms with Gasteiger partial charge >= 0.3 is 6.09 Å². The molecule has 1 aromatic rings. The molecule has 1 saturated heterocycles. The van der Waals surface area contributed by atoms with Crippen LogP contribution in [0.25, 0.3) is 0 Å². The molecule has 1 amide bonds. The van der Waals surface area contributed by atoms with Gasteiger partial charge in [-0.05, 0) is 38.1 Å². The van der Waals surface area contributed by atoms with E-state index in [9.17, 15) is 4.79 Å². The average Bonchev–Trinajstić information content (AvgIpc) is 2.46. The smallest absolute Gasteiger partial charge is 0.409 e. The first-order valence-corrected chi connectivity index (χ1v) is 6.71. The Labute approximate surface area is 113 Å². The largest absolute Gasteiger partial charge is 0.436 e. The number of likely N-dealkylation sites (tertiary alicyclic amines) is 1. The van der Waals surface area contributed by atoms with Crippen LogP contribution in [0.1, 0.15) is 19.3 Å². The van der Waals surface area contributed by atoms with Gasteiger partial charge in [0.2, 0.25) is 0 Å². The van der Waals surface area contributed by atoms with Crippen molar-refractivity contribution in [3.05, 3.63) is 30.3 Å². The van der Waals surface area contributed by atoms with Crippen LogP contribution >= 0.6 is 0 Å². The van der Waals surface area contributed by atoms with Crippen molar-refractivity contribution in [1.82, 2.24) is 10.4 Å². The first kappa shape index (κ1) is 13.8.